The topological polar surface area (TPSA) is 104 Å². The van der Waals surface area contributed by atoms with Gasteiger partial charge >= 0.3 is 0 Å². The summed E-state index contributed by atoms with van der Waals surface area (Å²) >= 11 is 0. The van der Waals surface area contributed by atoms with Gasteiger partial charge in [-0.15, -0.1) is 0 Å². The Labute approximate surface area is 123 Å². The van der Waals surface area contributed by atoms with E-state index in [1.54, 1.807) is 10.9 Å². The fourth-order valence-corrected chi connectivity index (χ4v) is 2.29. The van der Waals surface area contributed by atoms with E-state index in [0.717, 1.165) is 17.1 Å². The van der Waals surface area contributed by atoms with Gasteiger partial charge in [-0.2, -0.15) is 0 Å². The van der Waals surface area contributed by atoms with Gasteiger partial charge in [-0.25, -0.2) is 4.98 Å². The molecule has 0 saturated heterocycles. The maximum Gasteiger partial charge on any atom is 0.281 e. The number of aromatic nitrogens is 2. The molecule has 110 valence electrons. The molecule has 0 fully saturated rings. The standard InChI is InChI=1S/C14H10N4O4/c19-17(20)11-6-5-10(14(7-11)18(21)22)8-16-9-15-12-3-1-2-4-13(12)16/h1-7,9H,8H2. The van der Waals surface area contributed by atoms with Crippen molar-refractivity contribution < 1.29 is 9.85 Å². The number of imidazole rings is 1. The van der Waals surface area contributed by atoms with E-state index in [9.17, 15) is 20.2 Å². The van der Waals surface area contributed by atoms with Crippen LogP contribution in [0.1, 0.15) is 5.56 Å². The minimum absolute atomic E-state index is 0.217. The summed E-state index contributed by atoms with van der Waals surface area (Å²) in [5, 5.41) is 21.9. The summed E-state index contributed by atoms with van der Waals surface area (Å²) in [6, 6.07) is 11.1. The minimum Gasteiger partial charge on any atom is -0.326 e. The second-order valence-electron chi connectivity index (χ2n) is 4.69. The van der Waals surface area contributed by atoms with Crippen LogP contribution in [0.2, 0.25) is 0 Å². The number of hydrogen-bond acceptors (Lipinski definition) is 5. The molecule has 0 aliphatic rings. The monoisotopic (exact) mass is 298 g/mol. The van der Waals surface area contributed by atoms with Gasteiger partial charge in [0.15, 0.2) is 0 Å². The lowest BCUT2D eigenvalue weighted by Crippen LogP contribution is -2.03. The van der Waals surface area contributed by atoms with Crippen LogP contribution in [-0.2, 0) is 6.54 Å². The summed E-state index contributed by atoms with van der Waals surface area (Å²) in [4.78, 5) is 24.9. The van der Waals surface area contributed by atoms with E-state index >= 15 is 0 Å². The average molecular weight is 298 g/mol. The van der Waals surface area contributed by atoms with Crippen molar-refractivity contribution in [1.82, 2.24) is 9.55 Å². The van der Waals surface area contributed by atoms with E-state index in [0.29, 0.717) is 5.56 Å². The van der Waals surface area contributed by atoms with Crippen LogP contribution in [0.5, 0.6) is 0 Å². The molecule has 2 aromatic carbocycles. The van der Waals surface area contributed by atoms with Crippen molar-refractivity contribution in [2.24, 2.45) is 0 Å². The van der Waals surface area contributed by atoms with Crippen LogP contribution in [0.3, 0.4) is 0 Å². The molecule has 0 aliphatic carbocycles. The molecule has 8 nitrogen and oxygen atoms in total. The molecule has 0 saturated carbocycles. The van der Waals surface area contributed by atoms with Gasteiger partial charge in [-0.1, -0.05) is 12.1 Å². The largest absolute Gasteiger partial charge is 0.326 e. The van der Waals surface area contributed by atoms with Crippen LogP contribution in [0.25, 0.3) is 11.0 Å². The average Bonchev–Trinajstić information content (AvgIpc) is 2.90. The number of para-hydroxylation sites is 2. The highest BCUT2D eigenvalue weighted by Gasteiger charge is 2.19. The molecule has 0 amide bonds. The molecule has 22 heavy (non-hydrogen) atoms. The Bertz CT molecular complexity index is 887. The van der Waals surface area contributed by atoms with Crippen molar-refractivity contribution in [1.29, 1.82) is 0 Å². The lowest BCUT2D eigenvalue weighted by atomic mass is 10.1. The van der Waals surface area contributed by atoms with Crippen LogP contribution < -0.4 is 0 Å². The summed E-state index contributed by atoms with van der Waals surface area (Å²) < 4.78 is 1.77. The molecule has 0 spiro atoms. The molecule has 0 bridgehead atoms. The first kappa shape index (κ1) is 13.7. The van der Waals surface area contributed by atoms with Crippen LogP contribution >= 0.6 is 0 Å². The Morgan fingerprint density at radius 1 is 1.05 bits per heavy atom. The SMILES string of the molecule is O=[N+]([O-])c1ccc(Cn2cnc3ccccc32)c([N+](=O)[O-])c1. The molecule has 0 radical (unpaired) electrons. The lowest BCUT2D eigenvalue weighted by molar-refractivity contribution is -0.394. The van der Waals surface area contributed by atoms with Crippen LogP contribution in [0.4, 0.5) is 11.4 Å². The van der Waals surface area contributed by atoms with Gasteiger partial charge in [0.1, 0.15) is 0 Å². The molecule has 0 atom stereocenters. The van der Waals surface area contributed by atoms with E-state index in [1.807, 2.05) is 24.3 Å². The second-order valence-corrected chi connectivity index (χ2v) is 4.69. The highest BCUT2D eigenvalue weighted by Crippen LogP contribution is 2.26. The Morgan fingerprint density at radius 2 is 1.82 bits per heavy atom. The number of hydrogen-bond donors (Lipinski definition) is 0. The van der Waals surface area contributed by atoms with E-state index in [-0.39, 0.29) is 17.9 Å². The molecule has 3 aromatic rings. The minimum atomic E-state index is -0.649. The Hall–Kier alpha value is -3.29. The van der Waals surface area contributed by atoms with Gasteiger partial charge in [0.05, 0.1) is 45.4 Å². The molecular formula is C14H10N4O4. The molecule has 1 aromatic heterocycles. The quantitative estimate of drug-likeness (QED) is 0.544. The Morgan fingerprint density at radius 3 is 2.55 bits per heavy atom. The zero-order valence-corrected chi connectivity index (χ0v) is 11.2. The van der Waals surface area contributed by atoms with E-state index in [4.69, 9.17) is 0 Å². The van der Waals surface area contributed by atoms with Crippen LogP contribution in [0, 0.1) is 20.2 Å². The van der Waals surface area contributed by atoms with Crippen LogP contribution in [0.15, 0.2) is 48.8 Å². The number of non-ortho nitro benzene ring substituents is 1. The number of nitro groups is 2. The van der Waals surface area contributed by atoms with Gasteiger partial charge < -0.3 is 4.57 Å². The normalized spacial score (nSPS) is 10.7. The lowest BCUT2D eigenvalue weighted by Gasteiger charge is -2.05. The van der Waals surface area contributed by atoms with Gasteiger partial charge in [0.25, 0.3) is 11.4 Å². The Kier molecular flexibility index (Phi) is 3.26. The van der Waals surface area contributed by atoms with E-state index < -0.39 is 9.85 Å². The Balaban J connectivity index is 2.05. The van der Waals surface area contributed by atoms with Crippen molar-refractivity contribution in [3.8, 4) is 0 Å². The van der Waals surface area contributed by atoms with Gasteiger partial charge in [-0.05, 0) is 18.2 Å². The molecular weight excluding hydrogens is 288 g/mol. The molecule has 8 heteroatoms. The van der Waals surface area contributed by atoms with Crippen molar-refractivity contribution in [2.75, 3.05) is 0 Å². The fraction of sp³-hybridized carbons (Fsp3) is 0.0714. The summed E-state index contributed by atoms with van der Waals surface area (Å²) in [5.74, 6) is 0. The van der Waals surface area contributed by atoms with Gasteiger partial charge in [0.2, 0.25) is 0 Å². The smallest absolute Gasteiger partial charge is 0.281 e. The number of nitro benzene ring substituents is 2. The first-order valence-corrected chi connectivity index (χ1v) is 6.38. The maximum atomic E-state index is 11.1. The third-order valence-corrected chi connectivity index (χ3v) is 3.34. The summed E-state index contributed by atoms with van der Waals surface area (Å²) in [5.41, 5.74) is 1.44. The zero-order valence-electron chi connectivity index (χ0n) is 11.2. The predicted molar refractivity (Wildman–Crippen MR) is 78.6 cm³/mol. The van der Waals surface area contributed by atoms with E-state index in [2.05, 4.69) is 4.98 Å². The third-order valence-electron chi connectivity index (χ3n) is 3.34. The predicted octanol–water partition coefficient (Wildman–Crippen LogP) is 2.90. The second kappa shape index (κ2) is 5.24. The maximum absolute atomic E-state index is 11.1. The van der Waals surface area contributed by atoms with Crippen molar-refractivity contribution in [2.45, 2.75) is 6.54 Å². The van der Waals surface area contributed by atoms with Crippen molar-refractivity contribution >= 4 is 22.4 Å². The van der Waals surface area contributed by atoms with Crippen molar-refractivity contribution in [3.63, 3.8) is 0 Å². The third kappa shape index (κ3) is 2.37. The molecule has 1 heterocycles. The van der Waals surface area contributed by atoms with E-state index in [1.165, 1.54) is 12.1 Å². The summed E-state index contributed by atoms with van der Waals surface area (Å²) in [6.07, 6.45) is 1.59. The number of fused-ring (bicyclic) bond motifs is 1. The summed E-state index contributed by atoms with van der Waals surface area (Å²) in [6.45, 7) is 0.217. The molecule has 0 N–H and O–H groups in total. The van der Waals surface area contributed by atoms with Crippen molar-refractivity contribution in [3.05, 3.63) is 74.6 Å². The zero-order chi connectivity index (χ0) is 15.7. The highest BCUT2D eigenvalue weighted by atomic mass is 16.6. The molecule has 0 aliphatic heterocycles. The first-order chi connectivity index (χ1) is 10.6. The first-order valence-electron chi connectivity index (χ1n) is 6.38. The summed E-state index contributed by atoms with van der Waals surface area (Å²) in [7, 11) is 0. The highest BCUT2D eigenvalue weighted by molar-refractivity contribution is 5.75. The molecule has 0 unspecified atom stereocenters. The number of rotatable bonds is 4. The molecule has 3 rings (SSSR count). The number of benzene rings is 2. The van der Waals surface area contributed by atoms with Crippen LogP contribution in [-0.4, -0.2) is 19.4 Å². The van der Waals surface area contributed by atoms with Gasteiger partial charge in [-0.3, -0.25) is 20.2 Å². The van der Waals surface area contributed by atoms with Gasteiger partial charge in [0, 0.05) is 6.07 Å². The fourth-order valence-electron chi connectivity index (χ4n) is 2.29. The number of nitrogens with zero attached hydrogens (tertiary/aromatic N) is 4.